The maximum absolute atomic E-state index is 14.9. The van der Waals surface area contributed by atoms with E-state index in [0.29, 0.717) is 6.61 Å². The summed E-state index contributed by atoms with van der Waals surface area (Å²) in [5.41, 5.74) is -1.58. The largest absolute Gasteiger partial charge is 0.450 e. The molecule has 2 aromatic heterocycles. The third-order valence-electron chi connectivity index (χ3n) is 5.82. The van der Waals surface area contributed by atoms with Crippen molar-refractivity contribution < 1.29 is 45.0 Å². The van der Waals surface area contributed by atoms with E-state index < -0.39 is 63.9 Å². The summed E-state index contributed by atoms with van der Waals surface area (Å²) >= 11 is 0. The first kappa shape index (κ1) is 33.4. The van der Waals surface area contributed by atoms with Gasteiger partial charge in [0.1, 0.15) is 18.1 Å². The van der Waals surface area contributed by atoms with Gasteiger partial charge in [-0.15, -0.1) is 9.53 Å². The summed E-state index contributed by atoms with van der Waals surface area (Å²) in [7, 11) is -5.67. The lowest BCUT2D eigenvalue weighted by Crippen LogP contribution is -2.44. The van der Waals surface area contributed by atoms with Gasteiger partial charge < -0.3 is 24.7 Å². The van der Waals surface area contributed by atoms with E-state index in [-0.39, 0.29) is 36.8 Å². The van der Waals surface area contributed by atoms with Crippen LogP contribution in [0.1, 0.15) is 12.0 Å². The summed E-state index contributed by atoms with van der Waals surface area (Å²) in [5.74, 6) is -4.35. The fourth-order valence-electron chi connectivity index (χ4n) is 3.77. The molecule has 0 saturated carbocycles. The van der Waals surface area contributed by atoms with Crippen LogP contribution in [0.3, 0.4) is 0 Å². The Morgan fingerprint density at radius 2 is 1.86 bits per heavy atom. The number of nitrogens with one attached hydrogen (secondary N) is 2. The zero-order valence-electron chi connectivity index (χ0n) is 23.5. The molecule has 5 N–H and O–H groups in total. The van der Waals surface area contributed by atoms with Crippen molar-refractivity contribution in [1.29, 1.82) is 0 Å². The minimum Gasteiger partial charge on any atom is -0.450 e. The number of ether oxygens (including phenoxy) is 2. The number of anilines is 1. The van der Waals surface area contributed by atoms with Gasteiger partial charge in [0, 0.05) is 63.4 Å². The Morgan fingerprint density at radius 3 is 2.43 bits per heavy atom. The van der Waals surface area contributed by atoms with Crippen molar-refractivity contribution in [3.63, 3.8) is 0 Å². The van der Waals surface area contributed by atoms with Crippen LogP contribution in [-0.4, -0.2) is 57.6 Å². The zero-order valence-corrected chi connectivity index (χ0v) is 25.3. The molecule has 234 valence electrons. The Hall–Kier alpha value is -3.12. The minimum absolute atomic E-state index is 0.0548. The van der Waals surface area contributed by atoms with E-state index in [0.717, 1.165) is 47.5 Å². The van der Waals surface area contributed by atoms with E-state index in [1.165, 1.54) is 0 Å². The molecule has 3 rings (SSSR count). The van der Waals surface area contributed by atoms with Crippen molar-refractivity contribution in [2.45, 2.75) is 45.0 Å². The quantitative estimate of drug-likeness (QED) is 0.113. The van der Waals surface area contributed by atoms with Gasteiger partial charge in [-0.2, -0.15) is 17.4 Å². The maximum atomic E-state index is 14.9. The zero-order chi connectivity index (χ0) is 31.5. The number of nitrogens with two attached hydrogens (primary N) is 1. The van der Waals surface area contributed by atoms with E-state index >= 15 is 0 Å². The van der Waals surface area contributed by atoms with E-state index in [9.17, 15) is 35.5 Å². The van der Waals surface area contributed by atoms with Crippen LogP contribution < -0.4 is 20.5 Å². The molecule has 0 aliphatic heterocycles. The molecular weight excluding hydrogens is 605 g/mol. The van der Waals surface area contributed by atoms with Crippen molar-refractivity contribution in [1.82, 2.24) is 14.9 Å². The van der Waals surface area contributed by atoms with Crippen molar-refractivity contribution in [2.75, 3.05) is 30.5 Å². The molecule has 0 radical (unpaired) electrons. The van der Waals surface area contributed by atoms with Crippen LogP contribution in [0, 0.1) is 11.6 Å². The maximum Gasteiger partial charge on any atom is 0.418 e. The molecule has 2 amide bonds. The number of nitrogens with zero attached hydrogens (tertiary/aromatic N) is 2. The van der Waals surface area contributed by atoms with Gasteiger partial charge in [-0.25, -0.2) is 23.7 Å². The van der Waals surface area contributed by atoms with Gasteiger partial charge in [-0.1, -0.05) is 19.6 Å². The van der Waals surface area contributed by atoms with Crippen LogP contribution in [0.15, 0.2) is 30.6 Å². The van der Waals surface area contributed by atoms with E-state index in [1.54, 1.807) is 0 Å². The number of hydrogen-bond donors (Lipinski definition) is 4. The third-order valence-corrected chi connectivity index (χ3v) is 8.81. The normalized spacial score (nSPS) is 13.5. The fraction of sp³-hybridized carbons (Fsp3) is 0.440. The molecule has 0 saturated heterocycles. The molecule has 10 nitrogen and oxygen atoms in total. The van der Waals surface area contributed by atoms with Crippen LogP contribution in [0.2, 0.25) is 25.7 Å². The predicted molar refractivity (Wildman–Crippen MR) is 153 cm³/mol. The van der Waals surface area contributed by atoms with Crippen LogP contribution in [0.5, 0.6) is 11.5 Å². The second-order valence-corrected chi connectivity index (χ2v) is 20.4. The number of amides is 2. The highest BCUT2D eigenvalue weighted by molar-refractivity contribution is 8.12. The molecule has 0 spiro atoms. The molecule has 0 atom stereocenters. The Bertz CT molecular complexity index is 1490. The van der Waals surface area contributed by atoms with Gasteiger partial charge in [-0.05, 0) is 18.5 Å². The number of halogens is 5. The lowest BCUT2D eigenvalue weighted by atomic mass is 10.2. The van der Waals surface area contributed by atoms with Gasteiger partial charge in [0.25, 0.3) is 0 Å². The number of carbonyl (C=O) groups excluding carboxylic acids is 1. The molecule has 0 aliphatic rings. The number of rotatable bonds is 12. The predicted octanol–water partition coefficient (Wildman–Crippen LogP) is 5.75. The molecule has 1 aromatic carbocycles. The summed E-state index contributed by atoms with van der Waals surface area (Å²) in [6, 6.07) is 2.43. The van der Waals surface area contributed by atoms with Gasteiger partial charge in [0.15, 0.2) is 17.4 Å². The SMILES string of the molecule is C[Si](C)(C)CCOCn1cc(C(F)(F)F)c2c(Oc3c(F)cc(NC(=O)NCCCS(C)(N)(=O)O)cc3F)ccnc21. The summed E-state index contributed by atoms with van der Waals surface area (Å²) in [6.07, 6.45) is -1.84. The lowest BCUT2D eigenvalue weighted by Gasteiger charge is -2.33. The first-order chi connectivity index (χ1) is 19.2. The van der Waals surface area contributed by atoms with Gasteiger partial charge in [0.2, 0.25) is 0 Å². The Balaban J connectivity index is 1.80. The summed E-state index contributed by atoms with van der Waals surface area (Å²) in [6.45, 7) is 6.47. The molecule has 42 heavy (non-hydrogen) atoms. The summed E-state index contributed by atoms with van der Waals surface area (Å²) in [5, 5.41) is 9.28. The second-order valence-electron chi connectivity index (χ2n) is 11.2. The molecular formula is C25H34F5N5O5SSi. The highest BCUT2D eigenvalue weighted by Crippen LogP contribution is 2.42. The number of urea groups is 1. The van der Waals surface area contributed by atoms with Gasteiger partial charge in [-0.3, -0.25) is 4.55 Å². The fourth-order valence-corrected chi connectivity index (χ4v) is 5.37. The topological polar surface area (TPSA) is 141 Å². The number of fused-ring (bicyclic) bond motifs is 1. The first-order valence-corrected chi connectivity index (χ1v) is 19.0. The monoisotopic (exact) mass is 639 g/mol. The van der Waals surface area contributed by atoms with Crippen molar-refractivity contribution >= 4 is 40.4 Å². The van der Waals surface area contributed by atoms with Crippen molar-refractivity contribution in [3.8, 4) is 11.5 Å². The Kier molecular flexibility index (Phi) is 9.73. The number of alkyl halides is 3. The Morgan fingerprint density at radius 1 is 1.21 bits per heavy atom. The molecule has 3 aromatic rings. The minimum atomic E-state index is -4.84. The second kappa shape index (κ2) is 12.2. The summed E-state index contributed by atoms with van der Waals surface area (Å²) in [4.78, 5) is 16.1. The third kappa shape index (κ3) is 9.72. The molecule has 0 aliphatic carbocycles. The van der Waals surface area contributed by atoms with Crippen molar-refractivity contribution in [3.05, 3.63) is 47.8 Å². The number of benzene rings is 1. The lowest BCUT2D eigenvalue weighted by molar-refractivity contribution is -0.136. The smallest absolute Gasteiger partial charge is 0.418 e. The average molecular weight is 640 g/mol. The summed E-state index contributed by atoms with van der Waals surface area (Å²) < 4.78 is 105. The van der Waals surface area contributed by atoms with E-state index in [2.05, 4.69) is 35.3 Å². The van der Waals surface area contributed by atoms with Crippen LogP contribution in [-0.2, 0) is 27.2 Å². The van der Waals surface area contributed by atoms with Crippen LogP contribution in [0.4, 0.5) is 32.4 Å². The number of aromatic nitrogens is 2. The highest BCUT2D eigenvalue weighted by Gasteiger charge is 2.37. The van der Waals surface area contributed by atoms with Gasteiger partial charge >= 0.3 is 12.2 Å². The van der Waals surface area contributed by atoms with Crippen molar-refractivity contribution in [2.24, 2.45) is 5.14 Å². The van der Waals surface area contributed by atoms with E-state index in [4.69, 9.17) is 14.6 Å². The standard InChI is InChI=1S/C25H34F5N5O5SSi/c1-41(31,37,38)10-5-7-33-24(36)34-16-12-18(26)22(19(27)13-16)40-20-6-8-32-23-21(20)17(25(28,29)30)14-35(23)15-39-9-11-42(2,3)4/h6,8,12-14H,5,7,9-11,15H2,1-4H3,(H3,31,37,38)(H2,33,34,36). The molecule has 0 unspecified atom stereocenters. The number of carbonyl (C=O) groups is 1. The highest BCUT2D eigenvalue weighted by atomic mass is 32.3. The van der Waals surface area contributed by atoms with Gasteiger partial charge in [0.05, 0.1) is 10.9 Å². The average Bonchev–Trinajstić information content (AvgIpc) is 3.20. The molecule has 2 heterocycles. The molecule has 0 bridgehead atoms. The number of hydrogen-bond acceptors (Lipinski definition) is 5. The number of pyridine rings is 1. The Labute approximate surface area is 240 Å². The first-order valence-electron chi connectivity index (χ1n) is 12.7. The van der Waals surface area contributed by atoms with E-state index in [1.807, 2.05) is 0 Å². The molecule has 17 heteroatoms. The van der Waals surface area contributed by atoms with Crippen LogP contribution >= 0.6 is 0 Å². The molecule has 0 fully saturated rings. The van der Waals surface area contributed by atoms with Crippen LogP contribution in [0.25, 0.3) is 11.0 Å².